The molecule has 24 heavy (non-hydrogen) atoms. The van der Waals surface area contributed by atoms with Crippen LogP contribution in [0.3, 0.4) is 0 Å². The molecule has 0 aliphatic carbocycles. The summed E-state index contributed by atoms with van der Waals surface area (Å²) >= 11 is 5.79. The summed E-state index contributed by atoms with van der Waals surface area (Å²) in [5.74, 6) is -0.161. The quantitative estimate of drug-likeness (QED) is 0.587. The Morgan fingerprint density at radius 3 is 3.04 bits per heavy atom. The third kappa shape index (κ3) is 3.24. The van der Waals surface area contributed by atoms with Crippen molar-refractivity contribution in [1.29, 1.82) is 0 Å². The monoisotopic (exact) mass is 350 g/mol. The normalized spacial score (nSPS) is 11.1. The van der Waals surface area contributed by atoms with Gasteiger partial charge in [0.1, 0.15) is 11.3 Å². The van der Waals surface area contributed by atoms with Gasteiger partial charge in [-0.05, 0) is 19.0 Å². The maximum absolute atomic E-state index is 14.1. The van der Waals surface area contributed by atoms with Gasteiger partial charge in [-0.3, -0.25) is 4.57 Å². The van der Waals surface area contributed by atoms with Gasteiger partial charge in [0.15, 0.2) is 5.65 Å². The van der Waals surface area contributed by atoms with Crippen LogP contribution in [0.4, 0.5) is 10.3 Å². The van der Waals surface area contributed by atoms with Crippen LogP contribution in [0.15, 0.2) is 29.2 Å². The molecule has 9 heteroatoms. The van der Waals surface area contributed by atoms with Crippen molar-refractivity contribution in [2.45, 2.75) is 13.0 Å². The van der Waals surface area contributed by atoms with Gasteiger partial charge >= 0.3 is 5.69 Å². The van der Waals surface area contributed by atoms with Crippen LogP contribution >= 0.6 is 11.6 Å². The lowest BCUT2D eigenvalue weighted by Crippen LogP contribution is -2.18. The average molecular weight is 351 g/mol. The van der Waals surface area contributed by atoms with Crippen LogP contribution in [-0.2, 0) is 6.54 Å². The number of anilines is 1. The maximum atomic E-state index is 14.1. The molecule has 2 aromatic heterocycles. The number of nitrogens with one attached hydrogen (secondary N) is 2. The van der Waals surface area contributed by atoms with Gasteiger partial charge in [-0.2, -0.15) is 4.98 Å². The molecule has 0 spiro atoms. The molecule has 2 heterocycles. The molecule has 0 fully saturated rings. The maximum Gasteiger partial charge on any atom is 0.328 e. The van der Waals surface area contributed by atoms with E-state index < -0.39 is 11.5 Å². The Morgan fingerprint density at radius 1 is 1.42 bits per heavy atom. The minimum absolute atomic E-state index is 0.0131. The lowest BCUT2D eigenvalue weighted by molar-refractivity contribution is 0.599. The van der Waals surface area contributed by atoms with Gasteiger partial charge in [0.05, 0.1) is 17.8 Å². The number of aromatic nitrogens is 4. The molecule has 0 saturated heterocycles. The van der Waals surface area contributed by atoms with Crippen LogP contribution in [0.2, 0.25) is 5.02 Å². The van der Waals surface area contributed by atoms with Crippen molar-refractivity contribution >= 4 is 28.7 Å². The molecule has 4 N–H and O–H groups in total. The van der Waals surface area contributed by atoms with Crippen LogP contribution in [0.1, 0.15) is 12.0 Å². The van der Waals surface area contributed by atoms with Gasteiger partial charge in [0.25, 0.3) is 0 Å². The number of H-pyrrole nitrogens is 1. The van der Waals surface area contributed by atoms with E-state index in [0.717, 1.165) is 6.42 Å². The summed E-state index contributed by atoms with van der Waals surface area (Å²) in [6.07, 6.45) is 2.29. The minimum atomic E-state index is -0.546. The van der Waals surface area contributed by atoms with Crippen molar-refractivity contribution in [1.82, 2.24) is 19.5 Å². The fourth-order valence-electron chi connectivity index (χ4n) is 2.32. The van der Waals surface area contributed by atoms with E-state index in [-0.39, 0.29) is 11.6 Å². The van der Waals surface area contributed by atoms with E-state index in [1.165, 1.54) is 16.8 Å². The number of nitrogens with two attached hydrogens (primary N) is 1. The van der Waals surface area contributed by atoms with Gasteiger partial charge in [0, 0.05) is 12.1 Å². The number of hydrogen-bond donors (Lipinski definition) is 3. The van der Waals surface area contributed by atoms with Gasteiger partial charge < -0.3 is 16.0 Å². The van der Waals surface area contributed by atoms with Crippen molar-refractivity contribution < 1.29 is 4.39 Å². The van der Waals surface area contributed by atoms with Crippen molar-refractivity contribution in [3.63, 3.8) is 0 Å². The second-order valence-corrected chi connectivity index (χ2v) is 5.64. The SMILES string of the molecule is NCCCNc1ncc2[nH]c(=O)n(Cc3cccc(Cl)c3F)c2n1. The summed E-state index contributed by atoms with van der Waals surface area (Å²) < 4.78 is 15.4. The molecule has 126 valence electrons. The van der Waals surface area contributed by atoms with E-state index in [9.17, 15) is 9.18 Å². The standard InChI is InChI=1S/C15H16ClFN6O/c16-10-4-1-3-9(12(10)17)8-23-13-11(21-15(23)24)7-20-14(22-13)19-6-2-5-18/h1,3-4,7H,2,5-6,8,18H2,(H,21,24)(H,19,20,22). The molecule has 1 aromatic carbocycles. The molecule has 0 aliphatic rings. The number of hydrogen-bond acceptors (Lipinski definition) is 5. The fourth-order valence-corrected chi connectivity index (χ4v) is 2.51. The highest BCUT2D eigenvalue weighted by molar-refractivity contribution is 6.30. The van der Waals surface area contributed by atoms with Crippen molar-refractivity contribution in [3.8, 4) is 0 Å². The lowest BCUT2D eigenvalue weighted by Gasteiger charge is -2.07. The third-order valence-corrected chi connectivity index (χ3v) is 3.83. The van der Waals surface area contributed by atoms with E-state index in [0.29, 0.717) is 35.8 Å². The summed E-state index contributed by atoms with van der Waals surface area (Å²) in [7, 11) is 0. The molecule has 0 radical (unpaired) electrons. The Morgan fingerprint density at radius 2 is 2.25 bits per heavy atom. The highest BCUT2D eigenvalue weighted by Gasteiger charge is 2.13. The first-order valence-electron chi connectivity index (χ1n) is 7.42. The Bertz CT molecular complexity index is 922. The van der Waals surface area contributed by atoms with Crippen LogP contribution in [0, 0.1) is 5.82 Å². The molecule has 0 atom stereocenters. The van der Waals surface area contributed by atoms with Crippen molar-refractivity contribution in [3.05, 3.63) is 51.3 Å². The van der Waals surface area contributed by atoms with E-state index >= 15 is 0 Å². The van der Waals surface area contributed by atoms with E-state index in [1.807, 2.05) is 0 Å². The smallest absolute Gasteiger partial charge is 0.328 e. The predicted octanol–water partition coefficient (Wildman–Crippen LogP) is 1.72. The van der Waals surface area contributed by atoms with Gasteiger partial charge in [-0.25, -0.2) is 14.2 Å². The van der Waals surface area contributed by atoms with Gasteiger partial charge in [-0.15, -0.1) is 0 Å². The van der Waals surface area contributed by atoms with Crippen LogP contribution in [0.25, 0.3) is 11.2 Å². The summed E-state index contributed by atoms with van der Waals surface area (Å²) in [6.45, 7) is 1.20. The number of halogens is 2. The number of aromatic amines is 1. The van der Waals surface area contributed by atoms with Gasteiger partial charge in [0.2, 0.25) is 5.95 Å². The summed E-state index contributed by atoms with van der Waals surface area (Å²) in [5.41, 5.74) is 6.23. The predicted molar refractivity (Wildman–Crippen MR) is 90.8 cm³/mol. The van der Waals surface area contributed by atoms with Gasteiger partial charge in [-0.1, -0.05) is 23.7 Å². The number of imidazole rings is 1. The molecular weight excluding hydrogens is 335 g/mol. The molecule has 0 unspecified atom stereocenters. The lowest BCUT2D eigenvalue weighted by atomic mass is 10.2. The minimum Gasteiger partial charge on any atom is -0.354 e. The Labute approximate surface area is 141 Å². The molecule has 7 nitrogen and oxygen atoms in total. The fraction of sp³-hybridized carbons (Fsp3) is 0.267. The van der Waals surface area contributed by atoms with Crippen LogP contribution in [-0.4, -0.2) is 32.6 Å². The van der Waals surface area contributed by atoms with Crippen LogP contribution < -0.4 is 16.7 Å². The summed E-state index contributed by atoms with van der Waals surface area (Å²) in [5, 5.41) is 3.04. The molecule has 3 rings (SSSR count). The molecule has 0 bridgehead atoms. The summed E-state index contributed by atoms with van der Waals surface area (Å²) in [4.78, 5) is 23.3. The second kappa shape index (κ2) is 6.98. The molecule has 3 aromatic rings. The zero-order valence-corrected chi connectivity index (χ0v) is 13.5. The highest BCUT2D eigenvalue weighted by atomic mass is 35.5. The Hall–Kier alpha value is -2.45. The summed E-state index contributed by atoms with van der Waals surface area (Å²) in [6, 6.07) is 4.67. The first-order chi connectivity index (χ1) is 11.6. The highest BCUT2D eigenvalue weighted by Crippen LogP contribution is 2.19. The number of nitrogens with zero attached hydrogens (tertiary/aromatic N) is 3. The average Bonchev–Trinajstić information content (AvgIpc) is 2.87. The van der Waals surface area contributed by atoms with E-state index in [1.54, 1.807) is 12.1 Å². The topological polar surface area (TPSA) is 102 Å². The van der Waals surface area contributed by atoms with Crippen molar-refractivity contribution in [2.75, 3.05) is 18.4 Å². The first-order valence-corrected chi connectivity index (χ1v) is 7.80. The van der Waals surface area contributed by atoms with E-state index in [2.05, 4.69) is 20.3 Å². The zero-order valence-electron chi connectivity index (χ0n) is 12.7. The van der Waals surface area contributed by atoms with Crippen molar-refractivity contribution in [2.24, 2.45) is 5.73 Å². The Kier molecular flexibility index (Phi) is 4.77. The first kappa shape index (κ1) is 16.4. The van der Waals surface area contributed by atoms with E-state index in [4.69, 9.17) is 17.3 Å². The molecule has 0 aliphatic heterocycles. The number of benzene rings is 1. The molecule has 0 amide bonds. The van der Waals surface area contributed by atoms with Crippen LogP contribution in [0.5, 0.6) is 0 Å². The largest absolute Gasteiger partial charge is 0.354 e. The Balaban J connectivity index is 1.97. The molecular formula is C15H16ClFN6O. The second-order valence-electron chi connectivity index (χ2n) is 5.23. The molecule has 0 saturated carbocycles. The number of fused-ring (bicyclic) bond motifs is 1. The zero-order chi connectivity index (χ0) is 17.1. The number of rotatable bonds is 6. The third-order valence-electron chi connectivity index (χ3n) is 3.54.